The Morgan fingerprint density at radius 1 is 1.20 bits per heavy atom. The van der Waals surface area contributed by atoms with Crippen LogP contribution in [0.25, 0.3) is 0 Å². The van der Waals surface area contributed by atoms with E-state index >= 15 is 0 Å². The molecule has 2 heteroatoms. The molecule has 0 radical (unpaired) electrons. The molecule has 15 heavy (non-hydrogen) atoms. The van der Waals surface area contributed by atoms with Gasteiger partial charge in [0, 0.05) is 5.56 Å². The third-order valence-electron chi connectivity index (χ3n) is 2.07. The second kappa shape index (κ2) is 5.98. The summed E-state index contributed by atoms with van der Waals surface area (Å²) in [6.07, 6.45) is 0. The standard InChI is InChI=1S/C11H11NO.C2H6/c1-7-4-8(2)11(9(3)13)5-10(7)6-12;1-2/h4-5H,1-3H3;1-2H3. The SMILES string of the molecule is CC.CC(=O)c1cc(C#N)c(C)cc1C. The number of hydrogen-bond acceptors (Lipinski definition) is 2. The van der Waals surface area contributed by atoms with Gasteiger partial charge in [-0.1, -0.05) is 19.9 Å². The number of carbonyl (C=O) groups excluding carboxylic acids is 1. The first kappa shape index (κ1) is 13.4. The fraction of sp³-hybridized carbons (Fsp3) is 0.385. The molecule has 0 aliphatic rings. The van der Waals surface area contributed by atoms with E-state index in [2.05, 4.69) is 6.07 Å². The van der Waals surface area contributed by atoms with Crippen LogP contribution in [0.5, 0.6) is 0 Å². The summed E-state index contributed by atoms with van der Waals surface area (Å²) in [4.78, 5) is 11.1. The molecule has 0 aromatic heterocycles. The Labute approximate surface area is 91.5 Å². The van der Waals surface area contributed by atoms with Crippen LogP contribution < -0.4 is 0 Å². The van der Waals surface area contributed by atoms with Crippen molar-refractivity contribution in [1.82, 2.24) is 0 Å². The number of nitrogens with zero attached hydrogens (tertiary/aromatic N) is 1. The average molecular weight is 203 g/mol. The van der Waals surface area contributed by atoms with Crippen molar-refractivity contribution < 1.29 is 4.79 Å². The van der Waals surface area contributed by atoms with Crippen LogP contribution in [0.1, 0.15) is 47.8 Å². The van der Waals surface area contributed by atoms with E-state index in [0.29, 0.717) is 11.1 Å². The molecule has 0 unspecified atom stereocenters. The molecule has 0 saturated carbocycles. The maximum Gasteiger partial charge on any atom is 0.160 e. The quantitative estimate of drug-likeness (QED) is 0.656. The van der Waals surface area contributed by atoms with Gasteiger partial charge in [0.1, 0.15) is 0 Å². The van der Waals surface area contributed by atoms with Gasteiger partial charge in [0.05, 0.1) is 11.6 Å². The number of nitriles is 1. The molecule has 1 aromatic rings. The molecule has 0 heterocycles. The summed E-state index contributed by atoms with van der Waals surface area (Å²) in [6.45, 7) is 9.26. The second-order valence-electron chi connectivity index (χ2n) is 3.15. The molecule has 1 aromatic carbocycles. The lowest BCUT2D eigenvalue weighted by atomic mass is 9.98. The zero-order valence-corrected chi connectivity index (χ0v) is 10.0. The van der Waals surface area contributed by atoms with E-state index in [9.17, 15) is 4.79 Å². The first-order valence-corrected chi connectivity index (χ1v) is 5.08. The molecular formula is C13H17NO. The van der Waals surface area contributed by atoms with E-state index in [-0.39, 0.29) is 5.78 Å². The van der Waals surface area contributed by atoms with Crippen molar-refractivity contribution in [3.05, 3.63) is 34.4 Å². The highest BCUT2D eigenvalue weighted by Crippen LogP contribution is 2.15. The van der Waals surface area contributed by atoms with Gasteiger partial charge in [-0.3, -0.25) is 4.79 Å². The minimum Gasteiger partial charge on any atom is -0.295 e. The van der Waals surface area contributed by atoms with Gasteiger partial charge in [-0.05, 0) is 38.0 Å². The summed E-state index contributed by atoms with van der Waals surface area (Å²) in [7, 11) is 0. The maximum atomic E-state index is 11.1. The van der Waals surface area contributed by atoms with Crippen molar-refractivity contribution in [2.45, 2.75) is 34.6 Å². The third kappa shape index (κ3) is 3.21. The Bertz CT molecular complexity index is 400. The molecule has 0 spiro atoms. The van der Waals surface area contributed by atoms with Gasteiger partial charge in [-0.15, -0.1) is 0 Å². The molecule has 0 atom stereocenters. The molecule has 0 amide bonds. The van der Waals surface area contributed by atoms with Crippen LogP contribution in [-0.4, -0.2) is 5.78 Å². The zero-order chi connectivity index (χ0) is 12.0. The van der Waals surface area contributed by atoms with Crippen LogP contribution >= 0.6 is 0 Å². The summed E-state index contributed by atoms with van der Waals surface area (Å²) in [5, 5.41) is 8.75. The van der Waals surface area contributed by atoms with Gasteiger partial charge in [0.15, 0.2) is 5.78 Å². The highest BCUT2D eigenvalue weighted by molar-refractivity contribution is 5.96. The predicted molar refractivity (Wildman–Crippen MR) is 62.0 cm³/mol. The van der Waals surface area contributed by atoms with E-state index in [1.54, 1.807) is 6.07 Å². The van der Waals surface area contributed by atoms with Gasteiger partial charge in [0.2, 0.25) is 0 Å². The lowest BCUT2D eigenvalue weighted by Crippen LogP contribution is -1.98. The van der Waals surface area contributed by atoms with Gasteiger partial charge in [0.25, 0.3) is 0 Å². The minimum atomic E-state index is 0.00833. The number of aryl methyl sites for hydroxylation is 2. The first-order valence-electron chi connectivity index (χ1n) is 5.08. The van der Waals surface area contributed by atoms with E-state index in [1.165, 1.54) is 6.92 Å². The van der Waals surface area contributed by atoms with E-state index in [1.807, 2.05) is 33.8 Å². The van der Waals surface area contributed by atoms with E-state index < -0.39 is 0 Å². The van der Waals surface area contributed by atoms with Crippen LogP contribution in [0.2, 0.25) is 0 Å². The van der Waals surface area contributed by atoms with Crippen molar-refractivity contribution in [3.63, 3.8) is 0 Å². The largest absolute Gasteiger partial charge is 0.295 e. The van der Waals surface area contributed by atoms with Crippen LogP contribution in [0.4, 0.5) is 0 Å². The van der Waals surface area contributed by atoms with Crippen molar-refractivity contribution in [2.75, 3.05) is 0 Å². The Morgan fingerprint density at radius 3 is 2.13 bits per heavy atom. The summed E-state index contributed by atoms with van der Waals surface area (Å²) >= 11 is 0. The topological polar surface area (TPSA) is 40.9 Å². The molecule has 80 valence electrons. The number of carbonyl (C=O) groups is 1. The van der Waals surface area contributed by atoms with E-state index in [0.717, 1.165) is 11.1 Å². The molecule has 0 N–H and O–H groups in total. The highest BCUT2D eigenvalue weighted by atomic mass is 16.1. The molecule has 0 aliphatic carbocycles. The fourth-order valence-corrected chi connectivity index (χ4v) is 1.35. The van der Waals surface area contributed by atoms with Crippen LogP contribution in [0, 0.1) is 25.2 Å². The van der Waals surface area contributed by atoms with Gasteiger partial charge < -0.3 is 0 Å². The van der Waals surface area contributed by atoms with Crippen molar-refractivity contribution >= 4 is 5.78 Å². The van der Waals surface area contributed by atoms with Crippen LogP contribution in [0.15, 0.2) is 12.1 Å². The van der Waals surface area contributed by atoms with Crippen molar-refractivity contribution in [1.29, 1.82) is 5.26 Å². The number of rotatable bonds is 1. The normalized spacial score (nSPS) is 8.53. The Hall–Kier alpha value is -1.62. The summed E-state index contributed by atoms with van der Waals surface area (Å²) in [5.41, 5.74) is 3.08. The predicted octanol–water partition coefficient (Wildman–Crippen LogP) is 3.40. The Morgan fingerprint density at radius 2 is 1.73 bits per heavy atom. The van der Waals surface area contributed by atoms with Crippen molar-refractivity contribution in [3.8, 4) is 6.07 Å². The van der Waals surface area contributed by atoms with Crippen molar-refractivity contribution in [2.24, 2.45) is 0 Å². The number of Topliss-reactive ketones (excluding diaryl/α,β-unsaturated/α-hetero) is 1. The Kier molecular flexibility index (Phi) is 5.33. The summed E-state index contributed by atoms with van der Waals surface area (Å²) in [5.74, 6) is 0.00833. The number of benzene rings is 1. The number of ketones is 1. The minimum absolute atomic E-state index is 0.00833. The molecule has 0 bridgehead atoms. The van der Waals surface area contributed by atoms with Gasteiger partial charge in [-0.25, -0.2) is 0 Å². The number of hydrogen-bond donors (Lipinski definition) is 0. The molecule has 2 nitrogen and oxygen atoms in total. The lowest BCUT2D eigenvalue weighted by Gasteiger charge is -2.04. The average Bonchev–Trinajstić information content (AvgIpc) is 2.20. The molecule has 0 fully saturated rings. The monoisotopic (exact) mass is 203 g/mol. The molecule has 0 saturated heterocycles. The maximum absolute atomic E-state index is 11.1. The second-order valence-corrected chi connectivity index (χ2v) is 3.15. The molecule has 1 rings (SSSR count). The molecular weight excluding hydrogens is 186 g/mol. The summed E-state index contributed by atoms with van der Waals surface area (Å²) < 4.78 is 0. The Balaban J connectivity index is 0.000000921. The molecule has 0 aliphatic heterocycles. The highest BCUT2D eigenvalue weighted by Gasteiger charge is 2.07. The third-order valence-corrected chi connectivity index (χ3v) is 2.07. The first-order chi connectivity index (χ1) is 7.06. The van der Waals surface area contributed by atoms with E-state index in [4.69, 9.17) is 5.26 Å². The van der Waals surface area contributed by atoms with Gasteiger partial charge in [-0.2, -0.15) is 5.26 Å². The smallest absolute Gasteiger partial charge is 0.160 e. The zero-order valence-electron chi connectivity index (χ0n) is 10.0. The van der Waals surface area contributed by atoms with Crippen LogP contribution in [0.3, 0.4) is 0 Å². The van der Waals surface area contributed by atoms with Crippen LogP contribution in [-0.2, 0) is 0 Å². The lowest BCUT2D eigenvalue weighted by molar-refractivity contribution is 0.101. The summed E-state index contributed by atoms with van der Waals surface area (Å²) in [6, 6.07) is 5.60. The van der Waals surface area contributed by atoms with Gasteiger partial charge >= 0.3 is 0 Å². The fourth-order valence-electron chi connectivity index (χ4n) is 1.35.